The smallest absolute Gasteiger partial charge is 0.264 e. The summed E-state index contributed by atoms with van der Waals surface area (Å²) in [5.41, 5.74) is 0.873. The molecule has 0 radical (unpaired) electrons. The first-order valence-electron chi connectivity index (χ1n) is 13.8. The molecule has 0 heterocycles. The van der Waals surface area contributed by atoms with Crippen LogP contribution in [0.5, 0.6) is 5.75 Å². The highest BCUT2D eigenvalue weighted by Crippen LogP contribution is 2.27. The molecular weight excluding hydrogens is 545 g/mol. The number of rotatable bonds is 14. The van der Waals surface area contributed by atoms with Gasteiger partial charge >= 0.3 is 0 Å². The molecule has 1 N–H and O–H groups in total. The number of sulfonamides is 1. The van der Waals surface area contributed by atoms with Gasteiger partial charge < -0.3 is 15.0 Å². The second kappa shape index (κ2) is 14.6. The van der Waals surface area contributed by atoms with Crippen LogP contribution in [0.4, 0.5) is 10.1 Å². The molecule has 0 aliphatic heterocycles. The Hall–Kier alpha value is -3.92. The summed E-state index contributed by atoms with van der Waals surface area (Å²) in [5.74, 6) is -0.779. The molecule has 3 aromatic rings. The lowest BCUT2D eigenvalue weighted by Crippen LogP contribution is -2.53. The van der Waals surface area contributed by atoms with Gasteiger partial charge in [-0.1, -0.05) is 44.2 Å². The summed E-state index contributed by atoms with van der Waals surface area (Å²) in [6, 6.07) is 19.0. The van der Waals surface area contributed by atoms with Crippen molar-refractivity contribution in [2.24, 2.45) is 0 Å². The lowest BCUT2D eigenvalue weighted by atomic mass is 10.1. The van der Waals surface area contributed by atoms with Gasteiger partial charge in [0, 0.05) is 12.6 Å². The highest BCUT2D eigenvalue weighted by atomic mass is 32.2. The van der Waals surface area contributed by atoms with Crippen molar-refractivity contribution in [1.82, 2.24) is 10.2 Å². The van der Waals surface area contributed by atoms with E-state index >= 15 is 0 Å². The van der Waals surface area contributed by atoms with E-state index in [9.17, 15) is 22.4 Å². The molecule has 0 unspecified atom stereocenters. The van der Waals surface area contributed by atoms with Gasteiger partial charge in [-0.05, 0) is 80.8 Å². The number of nitrogens with one attached hydrogen (secondary N) is 1. The zero-order chi connectivity index (χ0) is 30.0. The largest absolute Gasteiger partial charge is 0.494 e. The molecule has 0 aliphatic rings. The predicted molar refractivity (Wildman–Crippen MR) is 158 cm³/mol. The van der Waals surface area contributed by atoms with Crippen LogP contribution in [0.2, 0.25) is 0 Å². The molecule has 41 heavy (non-hydrogen) atoms. The maximum Gasteiger partial charge on any atom is 0.264 e. The van der Waals surface area contributed by atoms with Crippen molar-refractivity contribution in [1.29, 1.82) is 0 Å². The summed E-state index contributed by atoms with van der Waals surface area (Å²) in [6.07, 6.45) is 0.999. The molecule has 3 aromatic carbocycles. The average Bonchev–Trinajstić information content (AvgIpc) is 2.97. The standard InChI is InChI=1S/C31H38FN3O5S/c1-5-23(4)33-31(37)29(6-2)34(21-24-13-15-25(32)16-14-24)30(36)22-35(26-17-19-27(20-18-26)40-7-3)41(38,39)28-11-9-8-10-12-28/h8-20,23,29H,5-7,21-22H2,1-4H3,(H,33,37)/t23-,29+/m1/s1. The Balaban J connectivity index is 2.04. The fourth-order valence-corrected chi connectivity index (χ4v) is 5.71. The van der Waals surface area contributed by atoms with Gasteiger partial charge in [0.2, 0.25) is 11.8 Å². The Bertz CT molecular complexity index is 1380. The fourth-order valence-electron chi connectivity index (χ4n) is 4.27. The van der Waals surface area contributed by atoms with E-state index in [1.165, 1.54) is 29.2 Å². The number of anilines is 1. The third-order valence-electron chi connectivity index (χ3n) is 6.70. The number of benzene rings is 3. The molecule has 2 atom stereocenters. The zero-order valence-corrected chi connectivity index (χ0v) is 24.7. The monoisotopic (exact) mass is 583 g/mol. The van der Waals surface area contributed by atoms with Crippen molar-refractivity contribution in [3.63, 3.8) is 0 Å². The van der Waals surface area contributed by atoms with Crippen LogP contribution in [0.3, 0.4) is 0 Å². The number of hydrogen-bond donors (Lipinski definition) is 1. The maximum absolute atomic E-state index is 14.0. The molecule has 0 bridgehead atoms. The molecule has 8 nitrogen and oxygen atoms in total. The quantitative estimate of drug-likeness (QED) is 0.284. The van der Waals surface area contributed by atoms with E-state index in [4.69, 9.17) is 4.74 Å². The molecule has 0 aliphatic carbocycles. The molecule has 220 valence electrons. The fraction of sp³-hybridized carbons (Fsp3) is 0.355. The Labute approximate surface area is 242 Å². The minimum atomic E-state index is -4.17. The summed E-state index contributed by atoms with van der Waals surface area (Å²) in [6.45, 7) is 7.33. The molecular formula is C31H38FN3O5S. The zero-order valence-electron chi connectivity index (χ0n) is 23.9. The highest BCUT2D eigenvalue weighted by molar-refractivity contribution is 7.92. The van der Waals surface area contributed by atoms with Gasteiger partial charge in [0.05, 0.1) is 17.2 Å². The number of hydrogen-bond acceptors (Lipinski definition) is 5. The molecule has 3 rings (SSSR count). The highest BCUT2D eigenvalue weighted by Gasteiger charge is 2.34. The second-order valence-electron chi connectivity index (χ2n) is 9.64. The third-order valence-corrected chi connectivity index (χ3v) is 8.49. The summed E-state index contributed by atoms with van der Waals surface area (Å²) >= 11 is 0. The molecule has 2 amide bonds. The van der Waals surface area contributed by atoms with Crippen LogP contribution in [-0.4, -0.2) is 50.4 Å². The van der Waals surface area contributed by atoms with Crippen molar-refractivity contribution < 1.29 is 27.1 Å². The van der Waals surface area contributed by atoms with E-state index in [0.717, 1.165) is 4.31 Å². The summed E-state index contributed by atoms with van der Waals surface area (Å²) < 4.78 is 47.9. The second-order valence-corrected chi connectivity index (χ2v) is 11.5. The van der Waals surface area contributed by atoms with Crippen molar-refractivity contribution in [2.75, 3.05) is 17.5 Å². The molecule has 0 fully saturated rings. The van der Waals surface area contributed by atoms with Crippen molar-refractivity contribution in [3.8, 4) is 5.75 Å². The number of carbonyl (C=O) groups excluding carboxylic acids is 2. The van der Waals surface area contributed by atoms with Gasteiger partial charge in [0.25, 0.3) is 10.0 Å². The van der Waals surface area contributed by atoms with Gasteiger partial charge in [-0.25, -0.2) is 12.8 Å². The summed E-state index contributed by atoms with van der Waals surface area (Å²) in [7, 11) is -4.17. The Morgan fingerprint density at radius 3 is 2.10 bits per heavy atom. The Kier molecular flexibility index (Phi) is 11.3. The van der Waals surface area contributed by atoms with E-state index in [-0.39, 0.29) is 29.1 Å². The lowest BCUT2D eigenvalue weighted by Gasteiger charge is -2.33. The molecule has 0 saturated carbocycles. The van der Waals surface area contributed by atoms with Gasteiger partial charge in [0.15, 0.2) is 0 Å². The molecule has 0 saturated heterocycles. The van der Waals surface area contributed by atoms with Gasteiger partial charge in [-0.2, -0.15) is 0 Å². The lowest BCUT2D eigenvalue weighted by molar-refractivity contribution is -0.140. The summed E-state index contributed by atoms with van der Waals surface area (Å²) in [4.78, 5) is 28.7. The maximum atomic E-state index is 14.0. The van der Waals surface area contributed by atoms with Crippen LogP contribution in [-0.2, 0) is 26.2 Å². The Morgan fingerprint density at radius 1 is 0.902 bits per heavy atom. The minimum absolute atomic E-state index is 0.00590. The molecule has 10 heteroatoms. The summed E-state index contributed by atoms with van der Waals surface area (Å²) in [5, 5.41) is 2.93. The number of nitrogens with zero attached hydrogens (tertiary/aromatic N) is 2. The Morgan fingerprint density at radius 2 is 1.54 bits per heavy atom. The minimum Gasteiger partial charge on any atom is -0.494 e. The number of amides is 2. The van der Waals surface area contributed by atoms with Gasteiger partial charge in [-0.3, -0.25) is 13.9 Å². The average molecular weight is 584 g/mol. The van der Waals surface area contributed by atoms with Crippen molar-refractivity contribution in [3.05, 3.63) is 90.2 Å². The first kappa shape index (κ1) is 31.6. The van der Waals surface area contributed by atoms with E-state index in [0.29, 0.717) is 30.8 Å². The number of ether oxygens (including phenoxy) is 1. The van der Waals surface area contributed by atoms with Crippen molar-refractivity contribution in [2.45, 2.75) is 64.1 Å². The van der Waals surface area contributed by atoms with E-state index in [1.54, 1.807) is 61.5 Å². The van der Waals surface area contributed by atoms with Crippen LogP contribution in [0, 0.1) is 5.82 Å². The van der Waals surface area contributed by atoms with Crippen LogP contribution < -0.4 is 14.4 Å². The van der Waals surface area contributed by atoms with Crippen LogP contribution >= 0.6 is 0 Å². The van der Waals surface area contributed by atoms with Crippen LogP contribution in [0.1, 0.15) is 46.1 Å². The molecule has 0 aromatic heterocycles. The van der Waals surface area contributed by atoms with Crippen molar-refractivity contribution >= 4 is 27.5 Å². The molecule has 0 spiro atoms. The topological polar surface area (TPSA) is 96.0 Å². The van der Waals surface area contributed by atoms with E-state index in [1.807, 2.05) is 20.8 Å². The van der Waals surface area contributed by atoms with E-state index < -0.39 is 34.3 Å². The van der Waals surface area contributed by atoms with Gasteiger partial charge in [-0.15, -0.1) is 0 Å². The number of carbonyl (C=O) groups is 2. The van der Waals surface area contributed by atoms with E-state index in [2.05, 4.69) is 5.32 Å². The van der Waals surface area contributed by atoms with Gasteiger partial charge in [0.1, 0.15) is 24.2 Å². The van der Waals surface area contributed by atoms with Crippen LogP contribution in [0.15, 0.2) is 83.8 Å². The normalized spacial score (nSPS) is 12.7. The predicted octanol–water partition coefficient (Wildman–Crippen LogP) is 5.14. The first-order chi connectivity index (χ1) is 19.6. The SMILES string of the molecule is CCOc1ccc(N(CC(=O)N(Cc2ccc(F)cc2)[C@@H](CC)C(=O)N[C@H](C)CC)S(=O)(=O)c2ccccc2)cc1. The third kappa shape index (κ3) is 8.29. The van der Waals surface area contributed by atoms with Crippen LogP contribution in [0.25, 0.3) is 0 Å². The first-order valence-corrected chi connectivity index (χ1v) is 15.2. The number of halogens is 1.